The molecule has 1 amide bonds. The molecule has 1 fully saturated rings. The summed E-state index contributed by atoms with van der Waals surface area (Å²) in [6, 6.07) is 4.45. The van der Waals surface area contributed by atoms with Gasteiger partial charge in [0.2, 0.25) is 0 Å². The molecule has 2 heterocycles. The number of hydrogen-bond donors (Lipinski definition) is 1. The van der Waals surface area contributed by atoms with Crippen LogP contribution in [0.4, 0.5) is 4.79 Å². The first-order valence-corrected chi connectivity index (χ1v) is 7.93. The van der Waals surface area contributed by atoms with Gasteiger partial charge < -0.3 is 15.0 Å². The second-order valence-electron chi connectivity index (χ2n) is 6.93. The van der Waals surface area contributed by atoms with Gasteiger partial charge in [-0.3, -0.25) is 4.98 Å². The Morgan fingerprint density at radius 1 is 1.45 bits per heavy atom. The Bertz CT molecular complexity index is 484. The van der Waals surface area contributed by atoms with Gasteiger partial charge in [-0.1, -0.05) is 0 Å². The quantitative estimate of drug-likeness (QED) is 0.928. The van der Waals surface area contributed by atoms with E-state index in [1.807, 2.05) is 57.2 Å². The van der Waals surface area contributed by atoms with Gasteiger partial charge in [0, 0.05) is 31.5 Å². The minimum Gasteiger partial charge on any atom is -0.444 e. The maximum absolute atomic E-state index is 12.2. The number of pyridine rings is 1. The molecular formula is C17H27N3O2. The highest BCUT2D eigenvalue weighted by Crippen LogP contribution is 2.23. The Kier molecular flexibility index (Phi) is 5.40. The van der Waals surface area contributed by atoms with Gasteiger partial charge in [-0.15, -0.1) is 0 Å². The predicted octanol–water partition coefficient (Wildman–Crippen LogP) is 2.47. The fourth-order valence-electron chi connectivity index (χ4n) is 2.89. The van der Waals surface area contributed by atoms with Gasteiger partial charge in [0.15, 0.2) is 0 Å². The smallest absolute Gasteiger partial charge is 0.410 e. The number of hydrogen-bond acceptors (Lipinski definition) is 4. The van der Waals surface area contributed by atoms with Gasteiger partial charge >= 0.3 is 6.09 Å². The number of aromatic nitrogens is 1. The van der Waals surface area contributed by atoms with Crippen LogP contribution in [0.25, 0.3) is 0 Å². The Balaban J connectivity index is 1.91. The summed E-state index contributed by atoms with van der Waals surface area (Å²) in [6.45, 7) is 7.23. The van der Waals surface area contributed by atoms with Crippen LogP contribution >= 0.6 is 0 Å². The van der Waals surface area contributed by atoms with Gasteiger partial charge in [-0.25, -0.2) is 4.79 Å². The number of amides is 1. The molecular weight excluding hydrogens is 278 g/mol. The summed E-state index contributed by atoms with van der Waals surface area (Å²) >= 11 is 0. The molecule has 1 aromatic rings. The van der Waals surface area contributed by atoms with Crippen molar-refractivity contribution in [3.05, 3.63) is 30.1 Å². The van der Waals surface area contributed by atoms with E-state index in [4.69, 9.17) is 4.74 Å². The highest BCUT2D eigenvalue weighted by molar-refractivity contribution is 5.68. The van der Waals surface area contributed by atoms with Gasteiger partial charge in [0.25, 0.3) is 0 Å². The molecule has 1 aliphatic rings. The molecule has 0 saturated carbocycles. The van der Waals surface area contributed by atoms with Crippen LogP contribution in [0, 0.1) is 5.92 Å². The van der Waals surface area contributed by atoms with Gasteiger partial charge in [0.1, 0.15) is 5.60 Å². The highest BCUT2D eigenvalue weighted by Gasteiger charge is 2.33. The molecule has 122 valence electrons. The average molecular weight is 305 g/mol. The first-order chi connectivity index (χ1) is 10.4. The average Bonchev–Trinajstić information content (AvgIpc) is 2.94. The van der Waals surface area contributed by atoms with Crippen molar-refractivity contribution in [2.45, 2.75) is 45.3 Å². The van der Waals surface area contributed by atoms with Crippen molar-refractivity contribution in [1.82, 2.24) is 15.2 Å². The molecule has 22 heavy (non-hydrogen) atoms. The van der Waals surface area contributed by atoms with Crippen LogP contribution in [-0.4, -0.2) is 47.8 Å². The van der Waals surface area contributed by atoms with Crippen molar-refractivity contribution in [2.24, 2.45) is 5.92 Å². The SMILES string of the molecule is CNC(Cc1ccncc1)C1CCN(C(=O)OC(C)(C)C)C1. The third kappa shape index (κ3) is 4.70. The maximum atomic E-state index is 12.2. The third-order valence-electron chi connectivity index (χ3n) is 4.02. The predicted molar refractivity (Wildman–Crippen MR) is 86.7 cm³/mol. The van der Waals surface area contributed by atoms with E-state index >= 15 is 0 Å². The van der Waals surface area contributed by atoms with Crippen LogP contribution < -0.4 is 5.32 Å². The number of nitrogens with zero attached hydrogens (tertiary/aromatic N) is 2. The lowest BCUT2D eigenvalue weighted by atomic mass is 9.93. The molecule has 2 atom stereocenters. The Labute approximate surface area is 133 Å². The summed E-state index contributed by atoms with van der Waals surface area (Å²) in [5.41, 5.74) is 0.833. The molecule has 2 unspecified atom stereocenters. The summed E-state index contributed by atoms with van der Waals surface area (Å²) in [6.07, 6.45) is 5.41. The van der Waals surface area contributed by atoms with E-state index in [1.54, 1.807) is 0 Å². The minimum absolute atomic E-state index is 0.200. The van der Waals surface area contributed by atoms with Crippen LogP contribution in [0.5, 0.6) is 0 Å². The Morgan fingerprint density at radius 2 is 2.14 bits per heavy atom. The number of carbonyl (C=O) groups is 1. The van der Waals surface area contributed by atoms with Gasteiger partial charge in [0.05, 0.1) is 0 Å². The van der Waals surface area contributed by atoms with Crippen LogP contribution in [0.15, 0.2) is 24.5 Å². The van der Waals surface area contributed by atoms with Crippen molar-refractivity contribution in [3.8, 4) is 0 Å². The largest absolute Gasteiger partial charge is 0.444 e. The molecule has 1 aromatic heterocycles. The van der Waals surface area contributed by atoms with Crippen molar-refractivity contribution in [2.75, 3.05) is 20.1 Å². The first-order valence-electron chi connectivity index (χ1n) is 7.93. The van der Waals surface area contributed by atoms with Crippen molar-refractivity contribution < 1.29 is 9.53 Å². The second kappa shape index (κ2) is 7.09. The zero-order valence-electron chi connectivity index (χ0n) is 14.0. The first kappa shape index (κ1) is 16.7. The van der Waals surface area contributed by atoms with Gasteiger partial charge in [-0.05, 0) is 64.3 Å². The molecule has 5 heteroatoms. The highest BCUT2D eigenvalue weighted by atomic mass is 16.6. The van der Waals surface area contributed by atoms with E-state index < -0.39 is 5.60 Å². The van der Waals surface area contributed by atoms with E-state index in [9.17, 15) is 4.79 Å². The van der Waals surface area contributed by atoms with Crippen LogP contribution in [0.2, 0.25) is 0 Å². The lowest BCUT2D eigenvalue weighted by Crippen LogP contribution is -2.39. The standard InChI is InChI=1S/C17H27N3O2/c1-17(2,3)22-16(21)20-10-7-14(12-20)15(18-4)11-13-5-8-19-9-6-13/h5-6,8-9,14-15,18H,7,10-12H2,1-4H3. The molecule has 0 bridgehead atoms. The van der Waals surface area contributed by atoms with E-state index in [0.29, 0.717) is 12.0 Å². The maximum Gasteiger partial charge on any atom is 0.410 e. The monoisotopic (exact) mass is 305 g/mol. The van der Waals surface area contributed by atoms with E-state index in [2.05, 4.69) is 10.3 Å². The zero-order valence-corrected chi connectivity index (χ0v) is 14.0. The number of likely N-dealkylation sites (N-methyl/N-ethyl adjacent to an activating group) is 1. The molecule has 0 radical (unpaired) electrons. The number of likely N-dealkylation sites (tertiary alicyclic amines) is 1. The van der Waals surface area contributed by atoms with Gasteiger partial charge in [-0.2, -0.15) is 0 Å². The number of nitrogens with one attached hydrogen (secondary N) is 1. The fourth-order valence-corrected chi connectivity index (χ4v) is 2.89. The van der Waals surface area contributed by atoms with Crippen molar-refractivity contribution in [1.29, 1.82) is 0 Å². The summed E-state index contributed by atoms with van der Waals surface area (Å²) in [5, 5.41) is 3.40. The van der Waals surface area contributed by atoms with E-state index in [1.165, 1.54) is 5.56 Å². The Hall–Kier alpha value is -1.62. The topological polar surface area (TPSA) is 54.5 Å². The zero-order chi connectivity index (χ0) is 16.2. The normalized spacial score (nSPS) is 20.0. The van der Waals surface area contributed by atoms with E-state index in [0.717, 1.165) is 25.9 Å². The van der Waals surface area contributed by atoms with Crippen molar-refractivity contribution >= 4 is 6.09 Å². The Morgan fingerprint density at radius 3 is 2.73 bits per heavy atom. The molecule has 0 aliphatic carbocycles. The molecule has 1 aliphatic heterocycles. The van der Waals surface area contributed by atoms with Crippen LogP contribution in [0.1, 0.15) is 32.8 Å². The molecule has 1 N–H and O–H groups in total. The minimum atomic E-state index is -0.436. The summed E-state index contributed by atoms with van der Waals surface area (Å²) in [5.74, 6) is 0.450. The van der Waals surface area contributed by atoms with E-state index in [-0.39, 0.29) is 6.09 Å². The van der Waals surface area contributed by atoms with Crippen LogP contribution in [0.3, 0.4) is 0 Å². The van der Waals surface area contributed by atoms with Crippen LogP contribution in [-0.2, 0) is 11.2 Å². The molecule has 1 saturated heterocycles. The summed E-state index contributed by atoms with van der Waals surface area (Å²) in [7, 11) is 1.99. The lowest BCUT2D eigenvalue weighted by Gasteiger charge is -2.26. The molecule has 2 rings (SSSR count). The summed E-state index contributed by atoms with van der Waals surface area (Å²) < 4.78 is 5.46. The van der Waals surface area contributed by atoms with Crippen molar-refractivity contribution in [3.63, 3.8) is 0 Å². The molecule has 5 nitrogen and oxygen atoms in total. The molecule has 0 spiro atoms. The second-order valence-corrected chi connectivity index (χ2v) is 6.93. The third-order valence-corrected chi connectivity index (χ3v) is 4.02. The lowest BCUT2D eigenvalue weighted by molar-refractivity contribution is 0.0285. The molecule has 0 aromatic carbocycles. The number of carbonyl (C=O) groups excluding carboxylic acids is 1. The number of ether oxygens (including phenoxy) is 1. The fraction of sp³-hybridized carbons (Fsp3) is 0.647. The number of rotatable bonds is 4. The summed E-state index contributed by atoms with van der Waals surface area (Å²) in [4.78, 5) is 18.0.